The molecule has 0 saturated carbocycles. The van der Waals surface area contributed by atoms with E-state index in [0.29, 0.717) is 24.5 Å². The highest BCUT2D eigenvalue weighted by molar-refractivity contribution is 7.98. The maximum absolute atomic E-state index is 13.0. The van der Waals surface area contributed by atoms with Crippen LogP contribution in [0.15, 0.2) is 53.4 Å². The molecule has 3 amide bonds. The number of hydrogen-bond donors (Lipinski definition) is 1. The van der Waals surface area contributed by atoms with E-state index in [1.807, 2.05) is 30.5 Å². The van der Waals surface area contributed by atoms with Crippen LogP contribution in [0, 0.1) is 5.82 Å². The maximum Gasteiger partial charge on any atom is 0.325 e. The summed E-state index contributed by atoms with van der Waals surface area (Å²) in [5.74, 6) is -0.591. The number of carbonyl (C=O) groups is 2. The van der Waals surface area contributed by atoms with E-state index in [2.05, 4.69) is 5.32 Å². The molecule has 0 radical (unpaired) electrons. The highest BCUT2D eigenvalue weighted by Crippen LogP contribution is 2.21. The summed E-state index contributed by atoms with van der Waals surface area (Å²) in [6.07, 6.45) is 1.97. The Morgan fingerprint density at radius 3 is 2.68 bits per heavy atom. The molecule has 0 aromatic heterocycles. The minimum Gasteiger partial charge on any atom is -0.325 e. The van der Waals surface area contributed by atoms with Gasteiger partial charge in [0, 0.05) is 29.4 Å². The smallest absolute Gasteiger partial charge is 0.325 e. The number of amides is 3. The van der Waals surface area contributed by atoms with Crippen LogP contribution in [0.1, 0.15) is 0 Å². The van der Waals surface area contributed by atoms with Gasteiger partial charge in [-0.25, -0.2) is 9.18 Å². The van der Waals surface area contributed by atoms with Gasteiger partial charge in [0.1, 0.15) is 12.4 Å². The summed E-state index contributed by atoms with van der Waals surface area (Å²) in [6.45, 7) is 0.911. The average molecular weight is 359 g/mol. The molecular weight excluding hydrogens is 341 g/mol. The lowest BCUT2D eigenvalue weighted by molar-refractivity contribution is -0.116. The van der Waals surface area contributed by atoms with E-state index >= 15 is 0 Å². The van der Waals surface area contributed by atoms with Gasteiger partial charge in [-0.15, -0.1) is 11.8 Å². The molecule has 1 aliphatic rings. The maximum atomic E-state index is 13.0. The zero-order valence-electron chi connectivity index (χ0n) is 13.7. The first-order chi connectivity index (χ1) is 12.1. The molecule has 3 rings (SSSR count). The highest BCUT2D eigenvalue weighted by Gasteiger charge is 2.30. The van der Waals surface area contributed by atoms with Crippen LogP contribution in [0.5, 0.6) is 0 Å². The van der Waals surface area contributed by atoms with Crippen molar-refractivity contribution in [3.63, 3.8) is 0 Å². The Kier molecular flexibility index (Phi) is 5.23. The van der Waals surface area contributed by atoms with Gasteiger partial charge in [-0.05, 0) is 48.7 Å². The molecule has 0 atom stereocenters. The molecule has 2 aromatic rings. The fraction of sp³-hybridized carbons (Fsp3) is 0.222. The van der Waals surface area contributed by atoms with E-state index in [0.717, 1.165) is 4.90 Å². The van der Waals surface area contributed by atoms with Crippen LogP contribution >= 0.6 is 11.8 Å². The van der Waals surface area contributed by atoms with Gasteiger partial charge in [-0.1, -0.05) is 6.07 Å². The summed E-state index contributed by atoms with van der Waals surface area (Å²) in [5.41, 5.74) is 1.33. The van der Waals surface area contributed by atoms with E-state index in [9.17, 15) is 14.0 Å². The third-order valence-electron chi connectivity index (χ3n) is 3.92. The largest absolute Gasteiger partial charge is 0.325 e. The lowest BCUT2D eigenvalue weighted by Crippen LogP contribution is -2.37. The number of rotatable bonds is 5. The van der Waals surface area contributed by atoms with Crippen LogP contribution in [0.4, 0.5) is 20.6 Å². The second kappa shape index (κ2) is 7.57. The lowest BCUT2D eigenvalue weighted by Gasteiger charge is -2.18. The normalized spacial score (nSPS) is 14.1. The van der Waals surface area contributed by atoms with Crippen molar-refractivity contribution in [3.05, 3.63) is 54.3 Å². The Labute approximate surface area is 149 Å². The molecule has 25 heavy (non-hydrogen) atoms. The van der Waals surface area contributed by atoms with Crippen LogP contribution in [-0.4, -0.2) is 42.7 Å². The number of anilines is 2. The molecule has 2 aromatic carbocycles. The van der Waals surface area contributed by atoms with Gasteiger partial charge in [-0.3, -0.25) is 9.69 Å². The number of halogens is 1. The first-order valence-corrected chi connectivity index (χ1v) is 9.05. The standard InChI is InChI=1S/C18H18FN3O2S/c1-25-16-4-2-3-14(11-16)20-17(23)12-21-9-10-22(18(21)24)15-7-5-13(19)6-8-15/h2-8,11H,9-10,12H2,1H3,(H,20,23). The van der Waals surface area contributed by atoms with Gasteiger partial charge in [0.25, 0.3) is 0 Å². The van der Waals surface area contributed by atoms with Gasteiger partial charge in [-0.2, -0.15) is 0 Å². The SMILES string of the molecule is CSc1cccc(NC(=O)CN2CCN(c3ccc(F)cc3)C2=O)c1. The van der Waals surface area contributed by atoms with E-state index in [4.69, 9.17) is 0 Å². The Morgan fingerprint density at radius 1 is 1.20 bits per heavy atom. The zero-order valence-corrected chi connectivity index (χ0v) is 14.6. The van der Waals surface area contributed by atoms with Gasteiger partial charge >= 0.3 is 6.03 Å². The summed E-state index contributed by atoms with van der Waals surface area (Å²) in [6, 6.07) is 13.0. The summed E-state index contributed by atoms with van der Waals surface area (Å²) in [4.78, 5) is 28.8. The van der Waals surface area contributed by atoms with Crippen molar-refractivity contribution < 1.29 is 14.0 Å². The summed E-state index contributed by atoms with van der Waals surface area (Å²) < 4.78 is 13.0. The molecule has 0 bridgehead atoms. The molecule has 7 heteroatoms. The van der Waals surface area contributed by atoms with Crippen LogP contribution in [0.25, 0.3) is 0 Å². The van der Waals surface area contributed by atoms with E-state index in [-0.39, 0.29) is 24.3 Å². The zero-order chi connectivity index (χ0) is 17.8. The van der Waals surface area contributed by atoms with Crippen molar-refractivity contribution in [3.8, 4) is 0 Å². The molecule has 0 aliphatic carbocycles. The topological polar surface area (TPSA) is 52.7 Å². The Morgan fingerprint density at radius 2 is 1.96 bits per heavy atom. The highest BCUT2D eigenvalue weighted by atomic mass is 32.2. The van der Waals surface area contributed by atoms with Crippen molar-refractivity contribution in [2.45, 2.75) is 4.90 Å². The molecule has 5 nitrogen and oxygen atoms in total. The number of urea groups is 1. The van der Waals surface area contributed by atoms with Crippen LogP contribution in [-0.2, 0) is 4.79 Å². The Hall–Kier alpha value is -2.54. The molecule has 0 spiro atoms. The Balaban J connectivity index is 1.60. The van der Waals surface area contributed by atoms with Gasteiger partial charge < -0.3 is 10.2 Å². The second-order valence-electron chi connectivity index (χ2n) is 5.61. The third kappa shape index (κ3) is 4.11. The van der Waals surface area contributed by atoms with Gasteiger partial charge in [0.2, 0.25) is 5.91 Å². The summed E-state index contributed by atoms with van der Waals surface area (Å²) in [7, 11) is 0. The molecule has 0 unspecified atom stereocenters. The number of thioether (sulfide) groups is 1. The van der Waals surface area contributed by atoms with Crippen molar-refractivity contribution in [1.82, 2.24) is 4.90 Å². The van der Waals surface area contributed by atoms with E-state index in [1.165, 1.54) is 17.0 Å². The van der Waals surface area contributed by atoms with Crippen molar-refractivity contribution in [2.75, 3.05) is 36.1 Å². The quantitative estimate of drug-likeness (QED) is 0.832. The first kappa shape index (κ1) is 17.3. The average Bonchev–Trinajstić information content (AvgIpc) is 2.96. The number of nitrogens with one attached hydrogen (secondary N) is 1. The molecule has 1 saturated heterocycles. The fourth-order valence-corrected chi connectivity index (χ4v) is 3.12. The predicted molar refractivity (Wildman–Crippen MR) is 97.6 cm³/mol. The van der Waals surface area contributed by atoms with Crippen molar-refractivity contribution in [2.24, 2.45) is 0 Å². The number of carbonyl (C=O) groups excluding carboxylic acids is 2. The molecule has 1 heterocycles. The fourth-order valence-electron chi connectivity index (χ4n) is 2.66. The molecule has 130 valence electrons. The van der Waals surface area contributed by atoms with E-state index in [1.54, 1.807) is 28.8 Å². The van der Waals surface area contributed by atoms with Crippen molar-refractivity contribution >= 4 is 35.1 Å². The summed E-state index contributed by atoms with van der Waals surface area (Å²) in [5, 5.41) is 2.81. The third-order valence-corrected chi connectivity index (χ3v) is 4.65. The van der Waals surface area contributed by atoms with Crippen molar-refractivity contribution in [1.29, 1.82) is 0 Å². The molecule has 1 aliphatic heterocycles. The van der Waals surface area contributed by atoms with Crippen LogP contribution in [0.2, 0.25) is 0 Å². The molecule has 1 fully saturated rings. The van der Waals surface area contributed by atoms with Crippen LogP contribution < -0.4 is 10.2 Å². The number of benzene rings is 2. The number of hydrogen-bond acceptors (Lipinski definition) is 3. The number of nitrogens with zero attached hydrogens (tertiary/aromatic N) is 2. The van der Waals surface area contributed by atoms with Gasteiger partial charge in [0.05, 0.1) is 0 Å². The first-order valence-electron chi connectivity index (χ1n) is 7.83. The monoisotopic (exact) mass is 359 g/mol. The predicted octanol–water partition coefficient (Wildman–Crippen LogP) is 3.43. The van der Waals surface area contributed by atoms with E-state index < -0.39 is 0 Å². The minimum atomic E-state index is -0.348. The lowest BCUT2D eigenvalue weighted by atomic mass is 10.3. The second-order valence-corrected chi connectivity index (χ2v) is 6.49. The Bertz CT molecular complexity index is 782. The van der Waals surface area contributed by atoms with Crippen LogP contribution in [0.3, 0.4) is 0 Å². The minimum absolute atomic E-state index is 0.0139. The molecule has 1 N–H and O–H groups in total. The summed E-state index contributed by atoms with van der Waals surface area (Å²) >= 11 is 1.59. The molecular formula is C18H18FN3O2S. The van der Waals surface area contributed by atoms with Gasteiger partial charge in [0.15, 0.2) is 0 Å².